The lowest BCUT2D eigenvalue weighted by Crippen LogP contribution is -2.38. The van der Waals surface area contributed by atoms with Gasteiger partial charge in [-0.2, -0.15) is 5.10 Å². The summed E-state index contributed by atoms with van der Waals surface area (Å²) < 4.78 is 52.7. The van der Waals surface area contributed by atoms with E-state index in [2.05, 4.69) is 24.6 Å². The zero-order valence-electron chi connectivity index (χ0n) is 25.6. The van der Waals surface area contributed by atoms with Crippen molar-refractivity contribution in [2.45, 2.75) is 46.0 Å². The lowest BCUT2D eigenvalue weighted by molar-refractivity contribution is -0.130. The van der Waals surface area contributed by atoms with E-state index in [0.29, 0.717) is 34.9 Å². The molecule has 2 aliphatic rings. The summed E-state index contributed by atoms with van der Waals surface area (Å²) >= 11 is 1.42. The van der Waals surface area contributed by atoms with Crippen LogP contribution in [0.15, 0.2) is 54.3 Å². The van der Waals surface area contributed by atoms with E-state index in [1.807, 2.05) is 17.6 Å². The Morgan fingerprint density at radius 2 is 1.89 bits per heavy atom. The molecule has 46 heavy (non-hydrogen) atoms. The van der Waals surface area contributed by atoms with E-state index in [1.165, 1.54) is 22.3 Å². The number of carbonyl (C=O) groups is 1. The fourth-order valence-electron chi connectivity index (χ4n) is 6.23. The molecular formula is C34H31F3N6O2S. The monoisotopic (exact) mass is 644 g/mol. The predicted octanol–water partition coefficient (Wildman–Crippen LogP) is 6.77. The van der Waals surface area contributed by atoms with Gasteiger partial charge in [0.1, 0.15) is 28.8 Å². The van der Waals surface area contributed by atoms with E-state index < -0.39 is 23.4 Å². The largest absolute Gasteiger partial charge is 0.490 e. The molecule has 0 fully saturated rings. The van der Waals surface area contributed by atoms with Gasteiger partial charge in [-0.05, 0) is 50.0 Å². The van der Waals surface area contributed by atoms with Crippen molar-refractivity contribution in [1.82, 2.24) is 29.5 Å². The number of nitrogens with zero attached hydrogens (tertiary/aromatic N) is 6. The highest BCUT2D eigenvalue weighted by atomic mass is 32.1. The summed E-state index contributed by atoms with van der Waals surface area (Å²) in [5.41, 5.74) is 5.61. The quantitative estimate of drug-likeness (QED) is 0.190. The van der Waals surface area contributed by atoms with Gasteiger partial charge in [0.05, 0.1) is 36.1 Å². The topological polar surface area (TPSA) is 76.4 Å². The maximum atomic E-state index is 16.0. The normalized spacial score (nSPS) is 14.9. The van der Waals surface area contributed by atoms with Gasteiger partial charge in [0.2, 0.25) is 0 Å². The number of hydrogen-bond donors (Lipinski definition) is 0. The second kappa shape index (κ2) is 11.7. The van der Waals surface area contributed by atoms with Gasteiger partial charge in [-0.3, -0.25) is 14.5 Å². The van der Waals surface area contributed by atoms with Crippen LogP contribution in [0.25, 0.3) is 43.9 Å². The summed E-state index contributed by atoms with van der Waals surface area (Å²) in [5, 5.41) is 7.54. The van der Waals surface area contributed by atoms with Crippen molar-refractivity contribution in [3.63, 3.8) is 0 Å². The summed E-state index contributed by atoms with van der Waals surface area (Å²) in [4.78, 5) is 25.9. The van der Waals surface area contributed by atoms with Crippen molar-refractivity contribution in [2.24, 2.45) is 0 Å². The molecule has 2 aliphatic heterocycles. The Morgan fingerprint density at radius 3 is 2.67 bits per heavy atom. The number of carbonyl (C=O) groups excluding carboxylic acids is 1. The minimum atomic E-state index is -1.03. The molecule has 236 valence electrons. The van der Waals surface area contributed by atoms with Crippen molar-refractivity contribution in [1.29, 1.82) is 0 Å². The number of rotatable bonds is 6. The third-order valence-corrected chi connectivity index (χ3v) is 9.23. The predicted molar refractivity (Wildman–Crippen MR) is 171 cm³/mol. The minimum Gasteiger partial charge on any atom is -0.490 e. The summed E-state index contributed by atoms with van der Waals surface area (Å²) in [7, 11) is 2.07. The lowest BCUT2D eigenvalue weighted by Gasteiger charge is -2.26. The Balaban J connectivity index is 1.48. The van der Waals surface area contributed by atoms with Crippen molar-refractivity contribution in [3.8, 4) is 39.5 Å². The number of amides is 1. The van der Waals surface area contributed by atoms with Gasteiger partial charge in [-0.1, -0.05) is 6.58 Å². The van der Waals surface area contributed by atoms with Crippen LogP contribution in [0.5, 0.6) is 5.75 Å². The van der Waals surface area contributed by atoms with Gasteiger partial charge in [-0.25, -0.2) is 18.2 Å². The highest BCUT2D eigenvalue weighted by molar-refractivity contribution is 7.18. The molecule has 0 saturated carbocycles. The maximum absolute atomic E-state index is 16.0. The standard InChI is InChI=1S/C34H31F3N6O2S/c1-18(2)45-28-13-22(36)12-25(37)29(28)30-32(27-14-23-17-42(34(44)19(3)35)8-9-43(23)40-27)39-31(24-6-10-46-33(24)30)20-11-21-16-41(4)7-5-26(21)38-15-20/h6,10-15,18H,3,5,7-9,16-17H2,1-2,4H3. The van der Waals surface area contributed by atoms with Gasteiger partial charge >= 0.3 is 0 Å². The molecule has 4 aromatic heterocycles. The van der Waals surface area contributed by atoms with Crippen molar-refractivity contribution in [3.05, 3.63) is 82.9 Å². The first-order chi connectivity index (χ1) is 22.1. The number of thiophene rings is 1. The number of benzene rings is 1. The van der Waals surface area contributed by atoms with E-state index >= 15 is 4.39 Å². The Morgan fingerprint density at radius 1 is 1.07 bits per heavy atom. The minimum absolute atomic E-state index is 0.0543. The van der Waals surface area contributed by atoms with Crippen LogP contribution in [0.1, 0.15) is 30.8 Å². The molecule has 6 heterocycles. The van der Waals surface area contributed by atoms with Crippen LogP contribution in [0.3, 0.4) is 0 Å². The first-order valence-corrected chi connectivity index (χ1v) is 15.9. The van der Waals surface area contributed by atoms with Crippen LogP contribution in [0.2, 0.25) is 0 Å². The van der Waals surface area contributed by atoms with Crippen LogP contribution in [0, 0.1) is 11.6 Å². The van der Waals surface area contributed by atoms with Crippen LogP contribution in [-0.2, 0) is 30.8 Å². The van der Waals surface area contributed by atoms with E-state index in [1.54, 1.807) is 24.6 Å². The van der Waals surface area contributed by atoms with E-state index in [4.69, 9.17) is 19.8 Å². The Kier molecular flexibility index (Phi) is 7.64. The lowest BCUT2D eigenvalue weighted by atomic mass is 9.96. The first-order valence-electron chi connectivity index (χ1n) is 15.0. The molecule has 0 unspecified atom stereocenters. The van der Waals surface area contributed by atoms with Crippen molar-refractivity contribution >= 4 is 27.3 Å². The maximum Gasteiger partial charge on any atom is 0.282 e. The SMILES string of the molecule is C=C(F)C(=O)N1CCn2nc(-c3nc(-c4cnc5c(c4)CN(C)CC5)c4ccsc4c3-c3c(F)cc(F)cc3OC(C)C)cc2C1. The van der Waals surface area contributed by atoms with Crippen molar-refractivity contribution < 1.29 is 22.7 Å². The first kappa shape index (κ1) is 30.1. The molecule has 5 aromatic rings. The summed E-state index contributed by atoms with van der Waals surface area (Å²) in [6.45, 7) is 9.12. The average molecular weight is 645 g/mol. The number of hydrogen-bond acceptors (Lipinski definition) is 7. The molecule has 0 radical (unpaired) electrons. The van der Waals surface area contributed by atoms with Crippen LogP contribution in [0.4, 0.5) is 13.2 Å². The van der Waals surface area contributed by atoms with Gasteiger partial charge in [0, 0.05) is 71.3 Å². The summed E-state index contributed by atoms with van der Waals surface area (Å²) in [6.07, 6.45) is 2.32. The number of pyridine rings is 2. The zero-order valence-corrected chi connectivity index (χ0v) is 26.4. The van der Waals surface area contributed by atoms with Gasteiger partial charge in [-0.15, -0.1) is 11.3 Å². The van der Waals surface area contributed by atoms with Gasteiger partial charge < -0.3 is 14.5 Å². The summed E-state index contributed by atoms with van der Waals surface area (Å²) in [6, 6.07) is 7.86. The average Bonchev–Trinajstić information content (AvgIpc) is 3.67. The zero-order chi connectivity index (χ0) is 32.3. The molecule has 0 N–H and O–H groups in total. The Hall–Kier alpha value is -4.55. The van der Waals surface area contributed by atoms with Gasteiger partial charge in [0.25, 0.3) is 5.91 Å². The van der Waals surface area contributed by atoms with Crippen LogP contribution in [-0.4, -0.2) is 61.7 Å². The number of halogens is 3. The third-order valence-electron chi connectivity index (χ3n) is 8.30. The number of aromatic nitrogens is 4. The molecule has 0 bridgehead atoms. The highest BCUT2D eigenvalue weighted by Gasteiger charge is 2.30. The molecule has 0 spiro atoms. The van der Waals surface area contributed by atoms with Crippen LogP contribution < -0.4 is 4.74 Å². The fourth-order valence-corrected chi connectivity index (χ4v) is 7.17. The molecule has 1 amide bonds. The highest BCUT2D eigenvalue weighted by Crippen LogP contribution is 2.47. The molecule has 12 heteroatoms. The van der Waals surface area contributed by atoms with Gasteiger partial charge in [0.15, 0.2) is 5.83 Å². The molecular weight excluding hydrogens is 613 g/mol. The fraction of sp³-hybridized carbons (Fsp3) is 0.294. The number of fused-ring (bicyclic) bond motifs is 3. The molecule has 1 aromatic carbocycles. The second-order valence-corrected chi connectivity index (χ2v) is 12.9. The number of likely N-dealkylation sites (N-methyl/N-ethyl adjacent to an activating group) is 1. The molecule has 7 rings (SSSR count). The van der Waals surface area contributed by atoms with E-state index in [0.717, 1.165) is 52.5 Å². The molecule has 0 saturated heterocycles. The van der Waals surface area contributed by atoms with Crippen LogP contribution >= 0.6 is 11.3 Å². The summed E-state index contributed by atoms with van der Waals surface area (Å²) in [5.74, 6) is -3.29. The Bertz CT molecular complexity index is 2040. The second-order valence-electron chi connectivity index (χ2n) is 12.0. The van der Waals surface area contributed by atoms with E-state index in [9.17, 15) is 13.6 Å². The van der Waals surface area contributed by atoms with Crippen molar-refractivity contribution in [2.75, 3.05) is 20.1 Å². The van der Waals surface area contributed by atoms with E-state index in [-0.39, 0.29) is 30.5 Å². The third kappa shape index (κ3) is 5.35. The smallest absolute Gasteiger partial charge is 0.282 e. The number of ether oxygens (including phenoxy) is 1. The Labute approximate surface area is 267 Å². The molecule has 8 nitrogen and oxygen atoms in total. The molecule has 0 atom stereocenters. The molecule has 0 aliphatic carbocycles.